The summed E-state index contributed by atoms with van der Waals surface area (Å²) in [5.74, 6) is 0.535. The second kappa shape index (κ2) is 5.79. The van der Waals surface area contributed by atoms with E-state index in [1.165, 1.54) is 12.3 Å². The summed E-state index contributed by atoms with van der Waals surface area (Å²) in [5, 5.41) is 0. The van der Waals surface area contributed by atoms with Gasteiger partial charge in [0.15, 0.2) is 0 Å². The third-order valence-electron chi connectivity index (χ3n) is 4.68. The third-order valence-corrected chi connectivity index (χ3v) is 4.68. The fourth-order valence-electron chi connectivity index (χ4n) is 3.42. The second-order valence-corrected chi connectivity index (χ2v) is 6.36. The summed E-state index contributed by atoms with van der Waals surface area (Å²) in [4.78, 5) is 21.3. The van der Waals surface area contributed by atoms with E-state index in [9.17, 15) is 18.0 Å². The first-order valence-corrected chi connectivity index (χ1v) is 8.31. The lowest BCUT2D eigenvalue weighted by atomic mass is 10.2. The molecule has 8 heteroatoms. The molecule has 132 valence electrons. The fourth-order valence-corrected chi connectivity index (χ4v) is 3.42. The monoisotopic (exact) mass is 350 g/mol. The number of benzene rings is 1. The Bertz CT molecular complexity index is 981. The number of aromatic nitrogens is 3. The third kappa shape index (κ3) is 2.75. The molecule has 1 aliphatic rings. The highest BCUT2D eigenvalue weighted by Gasteiger charge is 2.31. The highest BCUT2D eigenvalue weighted by molar-refractivity contribution is 5.80. The Hall–Kier alpha value is -2.51. The van der Waals surface area contributed by atoms with Gasteiger partial charge in [0.05, 0.1) is 22.8 Å². The molecule has 1 N–H and O–H groups in total. The van der Waals surface area contributed by atoms with Crippen molar-refractivity contribution in [3.8, 4) is 0 Å². The largest absolute Gasteiger partial charge is 0.416 e. The van der Waals surface area contributed by atoms with Crippen molar-refractivity contribution < 1.29 is 13.2 Å². The first kappa shape index (κ1) is 16.0. The minimum Gasteiger partial charge on any atom is -0.342 e. The molecule has 25 heavy (non-hydrogen) atoms. The number of H-pyrrole nitrogens is 1. The Morgan fingerprint density at radius 2 is 1.76 bits per heavy atom. The van der Waals surface area contributed by atoms with Gasteiger partial charge >= 0.3 is 6.18 Å². The lowest BCUT2D eigenvalue weighted by Gasteiger charge is -2.21. The van der Waals surface area contributed by atoms with Crippen molar-refractivity contribution in [1.82, 2.24) is 14.4 Å². The molecule has 0 amide bonds. The van der Waals surface area contributed by atoms with E-state index in [1.807, 2.05) is 0 Å². The van der Waals surface area contributed by atoms with Gasteiger partial charge in [-0.1, -0.05) is 12.8 Å². The van der Waals surface area contributed by atoms with Crippen LogP contribution in [0.25, 0.3) is 16.6 Å². The molecule has 5 nitrogen and oxygen atoms in total. The van der Waals surface area contributed by atoms with Gasteiger partial charge in [-0.15, -0.1) is 0 Å². The maximum atomic E-state index is 13.1. The van der Waals surface area contributed by atoms with Crippen LogP contribution < -0.4 is 10.5 Å². The van der Waals surface area contributed by atoms with Crippen LogP contribution in [0.5, 0.6) is 0 Å². The van der Waals surface area contributed by atoms with Crippen LogP contribution in [-0.2, 0) is 6.18 Å². The zero-order valence-corrected chi connectivity index (χ0v) is 13.4. The normalized spacial score (nSPS) is 16.5. The zero-order valence-electron chi connectivity index (χ0n) is 13.4. The van der Waals surface area contributed by atoms with Crippen molar-refractivity contribution in [2.24, 2.45) is 0 Å². The van der Waals surface area contributed by atoms with Crippen LogP contribution >= 0.6 is 0 Å². The molecule has 1 aliphatic heterocycles. The molecule has 4 rings (SSSR count). The molecule has 1 saturated heterocycles. The molecular weight excluding hydrogens is 333 g/mol. The van der Waals surface area contributed by atoms with Crippen LogP contribution in [0, 0.1) is 0 Å². The maximum Gasteiger partial charge on any atom is 0.416 e. The molecule has 0 spiro atoms. The molecule has 0 atom stereocenters. The summed E-state index contributed by atoms with van der Waals surface area (Å²) in [6.45, 7) is 1.57. The molecule has 3 aromatic rings. The molecule has 0 saturated carbocycles. The molecule has 1 aromatic carbocycles. The first-order chi connectivity index (χ1) is 11.9. The molecule has 1 fully saturated rings. The first-order valence-electron chi connectivity index (χ1n) is 8.31. The van der Waals surface area contributed by atoms with E-state index in [4.69, 9.17) is 0 Å². The van der Waals surface area contributed by atoms with E-state index in [-0.39, 0.29) is 11.1 Å². The Kier molecular flexibility index (Phi) is 3.70. The summed E-state index contributed by atoms with van der Waals surface area (Å²) in [6.07, 6.45) is 1.24. The SMILES string of the molecule is O=c1[nH]c2ccc(C(F)(F)F)cc2n2c(N3CCCCCC3)ncc12. The molecule has 2 aromatic heterocycles. The molecule has 0 radical (unpaired) electrons. The van der Waals surface area contributed by atoms with Crippen molar-refractivity contribution >= 4 is 22.5 Å². The fraction of sp³-hybridized carbons (Fsp3) is 0.412. The van der Waals surface area contributed by atoms with E-state index in [2.05, 4.69) is 14.9 Å². The van der Waals surface area contributed by atoms with Gasteiger partial charge in [0.2, 0.25) is 5.95 Å². The number of fused-ring (bicyclic) bond motifs is 3. The molecule has 0 bridgehead atoms. The Morgan fingerprint density at radius 3 is 2.44 bits per heavy atom. The quantitative estimate of drug-likeness (QED) is 0.730. The number of nitrogens with zero attached hydrogens (tertiary/aromatic N) is 3. The van der Waals surface area contributed by atoms with Crippen molar-refractivity contribution in [3.05, 3.63) is 40.3 Å². The molecule has 0 aliphatic carbocycles. The van der Waals surface area contributed by atoms with E-state index in [0.29, 0.717) is 17.0 Å². The van der Waals surface area contributed by atoms with Gasteiger partial charge in [-0.25, -0.2) is 4.98 Å². The molecular formula is C17H17F3N4O. The number of anilines is 1. The van der Waals surface area contributed by atoms with Gasteiger partial charge in [0.25, 0.3) is 5.56 Å². The van der Waals surface area contributed by atoms with E-state index >= 15 is 0 Å². The van der Waals surface area contributed by atoms with Gasteiger partial charge in [-0.2, -0.15) is 13.2 Å². The number of alkyl halides is 3. The lowest BCUT2D eigenvalue weighted by molar-refractivity contribution is -0.137. The van der Waals surface area contributed by atoms with Crippen LogP contribution in [0.1, 0.15) is 31.2 Å². The number of halogens is 3. The average Bonchev–Trinajstić information content (AvgIpc) is 2.84. The van der Waals surface area contributed by atoms with Gasteiger partial charge in [0, 0.05) is 13.1 Å². The number of rotatable bonds is 1. The van der Waals surface area contributed by atoms with Crippen LogP contribution in [-0.4, -0.2) is 27.5 Å². The van der Waals surface area contributed by atoms with Crippen molar-refractivity contribution in [1.29, 1.82) is 0 Å². The van der Waals surface area contributed by atoms with Crippen molar-refractivity contribution in [2.45, 2.75) is 31.9 Å². The summed E-state index contributed by atoms with van der Waals surface area (Å²) >= 11 is 0. The predicted octanol–water partition coefficient (Wildman–Crippen LogP) is 3.58. The summed E-state index contributed by atoms with van der Waals surface area (Å²) in [7, 11) is 0. The van der Waals surface area contributed by atoms with Gasteiger partial charge in [-0.05, 0) is 31.0 Å². The highest BCUT2D eigenvalue weighted by Crippen LogP contribution is 2.32. The summed E-state index contributed by atoms with van der Waals surface area (Å²) in [6, 6.07) is 3.35. The maximum absolute atomic E-state index is 13.1. The Morgan fingerprint density at radius 1 is 1.04 bits per heavy atom. The van der Waals surface area contributed by atoms with Crippen LogP contribution in [0.4, 0.5) is 19.1 Å². The summed E-state index contributed by atoms with van der Waals surface area (Å²) in [5.41, 5.74) is -0.184. The van der Waals surface area contributed by atoms with Crippen molar-refractivity contribution in [3.63, 3.8) is 0 Å². The number of imidazole rings is 1. The number of aromatic amines is 1. The van der Waals surface area contributed by atoms with Crippen LogP contribution in [0.3, 0.4) is 0 Å². The second-order valence-electron chi connectivity index (χ2n) is 6.36. The number of nitrogens with one attached hydrogen (secondary N) is 1. The van der Waals surface area contributed by atoms with E-state index in [1.54, 1.807) is 4.40 Å². The van der Waals surface area contributed by atoms with Gasteiger partial charge in [0.1, 0.15) is 5.52 Å². The highest BCUT2D eigenvalue weighted by atomic mass is 19.4. The zero-order chi connectivity index (χ0) is 17.6. The molecule has 0 unspecified atom stereocenters. The van der Waals surface area contributed by atoms with Crippen LogP contribution in [0.2, 0.25) is 0 Å². The standard InChI is InChI=1S/C17H17F3N4O/c18-17(19,20)11-5-6-12-13(9-11)24-14(15(25)22-12)10-21-16(24)23-7-3-1-2-4-8-23/h5-6,9-10H,1-4,7-8H2,(H,22,25). The van der Waals surface area contributed by atoms with Crippen LogP contribution in [0.15, 0.2) is 29.2 Å². The Balaban J connectivity index is 1.99. The minimum absolute atomic E-state index is 0.256. The Labute approximate surface area is 141 Å². The minimum atomic E-state index is -4.44. The lowest BCUT2D eigenvalue weighted by Crippen LogP contribution is -2.26. The topological polar surface area (TPSA) is 53.4 Å². The average molecular weight is 350 g/mol. The van der Waals surface area contributed by atoms with Crippen molar-refractivity contribution in [2.75, 3.05) is 18.0 Å². The summed E-state index contributed by atoms with van der Waals surface area (Å²) < 4.78 is 40.9. The predicted molar refractivity (Wildman–Crippen MR) is 89.0 cm³/mol. The van der Waals surface area contributed by atoms with Gasteiger partial charge < -0.3 is 9.88 Å². The van der Waals surface area contributed by atoms with E-state index < -0.39 is 11.7 Å². The smallest absolute Gasteiger partial charge is 0.342 e. The number of hydrogen-bond acceptors (Lipinski definition) is 3. The van der Waals surface area contributed by atoms with E-state index in [0.717, 1.165) is 50.9 Å². The van der Waals surface area contributed by atoms with Gasteiger partial charge in [-0.3, -0.25) is 9.20 Å². The number of hydrogen-bond donors (Lipinski definition) is 1. The molecule has 3 heterocycles.